The highest BCUT2D eigenvalue weighted by Crippen LogP contribution is 2.26. The van der Waals surface area contributed by atoms with E-state index in [1.807, 2.05) is 7.05 Å². The van der Waals surface area contributed by atoms with Crippen LogP contribution in [0, 0.1) is 5.92 Å². The maximum absolute atomic E-state index is 11.5. The number of carbonyl (C=O) groups excluding carboxylic acids is 1. The monoisotopic (exact) mass is 194 g/mol. The van der Waals surface area contributed by atoms with Crippen LogP contribution >= 0.6 is 0 Å². The second kappa shape index (κ2) is 3.42. The van der Waals surface area contributed by atoms with Gasteiger partial charge in [-0.05, 0) is 12.8 Å². The highest BCUT2D eigenvalue weighted by molar-refractivity contribution is 5.92. The number of aromatic nitrogens is 2. The molecule has 0 spiro atoms. The summed E-state index contributed by atoms with van der Waals surface area (Å²) < 4.78 is 1.65. The molecule has 1 aromatic heterocycles. The first kappa shape index (κ1) is 9.21. The summed E-state index contributed by atoms with van der Waals surface area (Å²) in [5, 5.41) is 6.77. The fraction of sp³-hybridized carbons (Fsp3) is 0.556. The van der Waals surface area contributed by atoms with Gasteiger partial charge < -0.3 is 11.1 Å². The standard InChI is InChI=1S/C9H14N4O/c1-13-5-8(4-11-13)12-9(14)6-2-7(10)3-6/h4-7H,2-3,10H2,1H3,(H,12,14). The molecule has 76 valence electrons. The highest BCUT2D eigenvalue weighted by Gasteiger charge is 2.31. The molecule has 5 heteroatoms. The smallest absolute Gasteiger partial charge is 0.227 e. The predicted molar refractivity (Wildman–Crippen MR) is 52.5 cm³/mol. The van der Waals surface area contributed by atoms with Gasteiger partial charge in [0.2, 0.25) is 5.91 Å². The molecule has 0 atom stereocenters. The Morgan fingerprint density at radius 3 is 2.93 bits per heavy atom. The van der Waals surface area contributed by atoms with Gasteiger partial charge >= 0.3 is 0 Å². The van der Waals surface area contributed by atoms with Gasteiger partial charge in [0.1, 0.15) is 0 Å². The molecule has 1 saturated carbocycles. The van der Waals surface area contributed by atoms with Gasteiger partial charge in [-0.2, -0.15) is 5.10 Å². The van der Waals surface area contributed by atoms with Crippen molar-refractivity contribution in [1.82, 2.24) is 9.78 Å². The molecule has 0 aromatic carbocycles. The Kier molecular flexibility index (Phi) is 2.25. The summed E-state index contributed by atoms with van der Waals surface area (Å²) in [4.78, 5) is 11.5. The van der Waals surface area contributed by atoms with Gasteiger partial charge in [0.25, 0.3) is 0 Å². The topological polar surface area (TPSA) is 72.9 Å². The van der Waals surface area contributed by atoms with Crippen LogP contribution in [0.15, 0.2) is 12.4 Å². The third kappa shape index (κ3) is 1.77. The van der Waals surface area contributed by atoms with E-state index in [0.29, 0.717) is 0 Å². The van der Waals surface area contributed by atoms with E-state index >= 15 is 0 Å². The average Bonchev–Trinajstić information content (AvgIpc) is 2.45. The van der Waals surface area contributed by atoms with Crippen molar-refractivity contribution in [2.24, 2.45) is 18.7 Å². The van der Waals surface area contributed by atoms with Gasteiger partial charge in [-0.1, -0.05) is 0 Å². The van der Waals surface area contributed by atoms with Crippen LogP contribution in [0.3, 0.4) is 0 Å². The molecular weight excluding hydrogens is 180 g/mol. The molecule has 3 N–H and O–H groups in total. The molecule has 0 saturated heterocycles. The van der Waals surface area contributed by atoms with E-state index in [9.17, 15) is 4.79 Å². The second-order valence-corrected chi connectivity index (χ2v) is 3.82. The Bertz CT molecular complexity index is 340. The number of hydrogen-bond acceptors (Lipinski definition) is 3. The Balaban J connectivity index is 1.89. The van der Waals surface area contributed by atoms with Gasteiger partial charge in [0, 0.05) is 25.2 Å². The zero-order valence-corrected chi connectivity index (χ0v) is 8.10. The number of amides is 1. The SMILES string of the molecule is Cn1cc(NC(=O)C2CC(N)C2)cn1. The zero-order chi connectivity index (χ0) is 10.1. The number of anilines is 1. The quantitative estimate of drug-likeness (QED) is 0.701. The summed E-state index contributed by atoms with van der Waals surface area (Å²) in [5.74, 6) is 0.143. The van der Waals surface area contributed by atoms with Crippen molar-refractivity contribution in [3.05, 3.63) is 12.4 Å². The minimum atomic E-state index is 0.0553. The summed E-state index contributed by atoms with van der Waals surface area (Å²) in [7, 11) is 1.81. The Morgan fingerprint density at radius 2 is 2.43 bits per heavy atom. The van der Waals surface area contributed by atoms with Gasteiger partial charge in [0.05, 0.1) is 11.9 Å². The summed E-state index contributed by atoms with van der Waals surface area (Å²) in [5.41, 5.74) is 6.36. The van der Waals surface area contributed by atoms with Crippen LogP contribution in [0.4, 0.5) is 5.69 Å². The average molecular weight is 194 g/mol. The number of hydrogen-bond donors (Lipinski definition) is 2. The van der Waals surface area contributed by atoms with Crippen molar-refractivity contribution >= 4 is 11.6 Å². The van der Waals surface area contributed by atoms with E-state index in [0.717, 1.165) is 18.5 Å². The Labute approximate surface area is 82.3 Å². The third-order valence-corrected chi connectivity index (χ3v) is 2.52. The molecule has 1 aromatic rings. The maximum Gasteiger partial charge on any atom is 0.227 e. The third-order valence-electron chi connectivity index (χ3n) is 2.52. The van der Waals surface area contributed by atoms with Crippen molar-refractivity contribution in [1.29, 1.82) is 0 Å². The molecule has 0 aliphatic heterocycles. The summed E-state index contributed by atoms with van der Waals surface area (Å²) >= 11 is 0. The maximum atomic E-state index is 11.5. The molecule has 0 bridgehead atoms. The number of nitrogens with two attached hydrogens (primary N) is 1. The molecule has 0 radical (unpaired) electrons. The van der Waals surface area contributed by atoms with Crippen LogP contribution in [0.1, 0.15) is 12.8 Å². The highest BCUT2D eigenvalue weighted by atomic mass is 16.1. The molecule has 5 nitrogen and oxygen atoms in total. The van der Waals surface area contributed by atoms with Crippen LogP contribution in [0.25, 0.3) is 0 Å². The van der Waals surface area contributed by atoms with Crippen molar-refractivity contribution in [2.75, 3.05) is 5.32 Å². The zero-order valence-electron chi connectivity index (χ0n) is 8.10. The van der Waals surface area contributed by atoms with Crippen molar-refractivity contribution in [3.63, 3.8) is 0 Å². The molecule has 1 aliphatic rings. The molecule has 14 heavy (non-hydrogen) atoms. The lowest BCUT2D eigenvalue weighted by Gasteiger charge is -2.30. The largest absolute Gasteiger partial charge is 0.328 e. The van der Waals surface area contributed by atoms with E-state index in [-0.39, 0.29) is 17.9 Å². The second-order valence-electron chi connectivity index (χ2n) is 3.82. The van der Waals surface area contributed by atoms with Crippen molar-refractivity contribution in [3.8, 4) is 0 Å². The fourth-order valence-electron chi connectivity index (χ4n) is 1.61. The van der Waals surface area contributed by atoms with Gasteiger partial charge in [0.15, 0.2) is 0 Å². The lowest BCUT2D eigenvalue weighted by molar-refractivity contribution is -0.122. The molecule has 1 fully saturated rings. The van der Waals surface area contributed by atoms with Crippen LogP contribution in [-0.4, -0.2) is 21.7 Å². The summed E-state index contributed by atoms with van der Waals surface area (Å²) in [6.45, 7) is 0. The van der Waals surface area contributed by atoms with Crippen LogP contribution in [0.2, 0.25) is 0 Å². The number of aryl methyl sites for hydroxylation is 1. The van der Waals surface area contributed by atoms with Crippen LogP contribution in [-0.2, 0) is 11.8 Å². The van der Waals surface area contributed by atoms with E-state index in [4.69, 9.17) is 5.73 Å². The van der Waals surface area contributed by atoms with E-state index in [1.54, 1.807) is 17.1 Å². The Morgan fingerprint density at radius 1 is 1.71 bits per heavy atom. The molecular formula is C9H14N4O. The summed E-state index contributed by atoms with van der Waals surface area (Å²) in [6, 6.07) is 0.208. The van der Waals surface area contributed by atoms with Crippen molar-refractivity contribution in [2.45, 2.75) is 18.9 Å². The van der Waals surface area contributed by atoms with Crippen LogP contribution < -0.4 is 11.1 Å². The van der Waals surface area contributed by atoms with Gasteiger partial charge in [-0.25, -0.2) is 0 Å². The first-order chi connectivity index (χ1) is 6.65. The predicted octanol–water partition coefficient (Wildman–Crippen LogP) is 0.0959. The number of carbonyl (C=O) groups is 1. The number of nitrogens with one attached hydrogen (secondary N) is 1. The molecule has 1 aliphatic carbocycles. The normalized spacial score (nSPS) is 25.6. The molecule has 0 unspecified atom stereocenters. The van der Waals surface area contributed by atoms with Crippen LogP contribution in [0.5, 0.6) is 0 Å². The minimum Gasteiger partial charge on any atom is -0.328 e. The summed E-state index contributed by atoms with van der Waals surface area (Å²) in [6.07, 6.45) is 5.01. The van der Waals surface area contributed by atoms with Gasteiger partial charge in [-0.15, -0.1) is 0 Å². The fourth-order valence-corrected chi connectivity index (χ4v) is 1.61. The number of rotatable bonds is 2. The lowest BCUT2D eigenvalue weighted by atomic mass is 9.80. The first-order valence-corrected chi connectivity index (χ1v) is 4.70. The van der Waals surface area contributed by atoms with Gasteiger partial charge in [-0.3, -0.25) is 9.48 Å². The Hall–Kier alpha value is -1.36. The van der Waals surface area contributed by atoms with E-state index in [2.05, 4.69) is 10.4 Å². The van der Waals surface area contributed by atoms with Crippen molar-refractivity contribution < 1.29 is 4.79 Å². The number of nitrogens with zero attached hydrogens (tertiary/aromatic N) is 2. The molecule has 2 rings (SSSR count). The minimum absolute atomic E-state index is 0.0553. The van der Waals surface area contributed by atoms with E-state index in [1.165, 1.54) is 0 Å². The first-order valence-electron chi connectivity index (χ1n) is 4.70. The lowest BCUT2D eigenvalue weighted by Crippen LogP contribution is -2.42. The molecule has 1 amide bonds. The molecule has 1 heterocycles. The van der Waals surface area contributed by atoms with E-state index < -0.39 is 0 Å².